The van der Waals surface area contributed by atoms with Crippen LogP contribution in [0, 0.1) is 19.8 Å². The number of nitrogens with one attached hydrogen (secondary N) is 4. The number of aryl methyl sites for hydroxylation is 1. The van der Waals surface area contributed by atoms with Gasteiger partial charge in [-0.1, -0.05) is 66.3 Å². The van der Waals surface area contributed by atoms with E-state index in [1.807, 2.05) is 33.8 Å². The fourth-order valence-corrected chi connectivity index (χ4v) is 8.25. The summed E-state index contributed by atoms with van der Waals surface area (Å²) < 4.78 is 11.2. The number of carbonyl (C=O) groups is 7. The number of aliphatic carboxylic acids is 1. The number of unbranched alkanes of at least 4 members (excludes halogenated alkanes) is 1. The number of hydrogen-bond acceptors (Lipinski definition) is 19. The molecule has 7 rings (SSSR count). The van der Waals surface area contributed by atoms with E-state index in [9.17, 15) is 48.3 Å². The monoisotopic (exact) mass is 1160 g/mol. The van der Waals surface area contributed by atoms with Crippen molar-refractivity contribution in [3.8, 4) is 11.4 Å². The van der Waals surface area contributed by atoms with E-state index in [-0.39, 0.29) is 124 Å². The molecule has 0 spiro atoms. The third kappa shape index (κ3) is 20.0. The molecule has 3 aromatic rings. The van der Waals surface area contributed by atoms with Gasteiger partial charge in [0, 0.05) is 49.6 Å². The summed E-state index contributed by atoms with van der Waals surface area (Å²) in [5, 5.41) is 70.9. The summed E-state index contributed by atoms with van der Waals surface area (Å²) >= 11 is 3.81. The van der Waals surface area contributed by atoms with E-state index in [0.29, 0.717) is 41.1 Å². The quantitative estimate of drug-likeness (QED) is 0.0226. The van der Waals surface area contributed by atoms with Gasteiger partial charge in [-0.05, 0) is 49.1 Å². The number of aliphatic hydroxyl groups excluding tert-OH is 6. The van der Waals surface area contributed by atoms with Crippen LogP contribution in [0.4, 0.5) is 5.69 Å². The van der Waals surface area contributed by atoms with Gasteiger partial charge in [0.1, 0.15) is 24.9 Å². The Kier molecular flexibility index (Phi) is 32.8. The van der Waals surface area contributed by atoms with Gasteiger partial charge in [-0.15, -0.1) is 0 Å². The van der Waals surface area contributed by atoms with E-state index in [0.717, 1.165) is 29.2 Å². The Bertz CT molecular complexity index is 2660. The molecule has 5 amide bonds. The van der Waals surface area contributed by atoms with E-state index in [1.54, 1.807) is 31.1 Å². The van der Waals surface area contributed by atoms with Gasteiger partial charge in [-0.2, -0.15) is 12.6 Å². The Morgan fingerprint density at radius 1 is 0.875 bits per heavy atom. The molecule has 11 N–H and O–H groups in total. The van der Waals surface area contributed by atoms with E-state index in [4.69, 9.17) is 45.1 Å². The number of ether oxygens (including phenoxy) is 2. The molecule has 1 aromatic carbocycles. The van der Waals surface area contributed by atoms with Crippen LogP contribution in [-0.2, 0) is 67.4 Å². The van der Waals surface area contributed by atoms with Crippen LogP contribution in [0.15, 0.2) is 16.9 Å². The number of benzene rings is 1. The van der Waals surface area contributed by atoms with Crippen molar-refractivity contribution in [1.29, 1.82) is 0 Å². The van der Waals surface area contributed by atoms with Crippen LogP contribution in [0.2, 0.25) is 0 Å². The van der Waals surface area contributed by atoms with Crippen LogP contribution in [0.1, 0.15) is 113 Å². The Balaban J connectivity index is 0.000000651. The number of fused-ring (bicyclic) bond motifs is 5. The van der Waals surface area contributed by atoms with E-state index < -0.39 is 77.7 Å². The summed E-state index contributed by atoms with van der Waals surface area (Å²) in [5.41, 5.74) is 6.32. The average molecular weight is 1160 g/mol. The third-order valence-corrected chi connectivity index (χ3v) is 13.0. The maximum atomic E-state index is 13.4. The Labute approximate surface area is 492 Å². The van der Waals surface area contributed by atoms with Gasteiger partial charge < -0.3 is 80.7 Å². The Hall–Kier alpha value is -5.39. The molecular formula is C53H78N7NaO18S. The molecule has 4 aliphatic heterocycles. The van der Waals surface area contributed by atoms with Crippen molar-refractivity contribution < 1.29 is 113 Å². The van der Waals surface area contributed by atoms with Gasteiger partial charge in [0.15, 0.2) is 6.10 Å². The predicted octanol–water partition coefficient (Wildman–Crippen LogP) is -3.30. The number of anilines is 1. The molecule has 440 valence electrons. The molecular weight excluding hydrogens is 1080 g/mol. The number of carboxylic acid groups (broad SMARTS) is 1. The minimum Gasteiger partial charge on any atom is -0.540 e. The molecule has 6 heterocycles. The van der Waals surface area contributed by atoms with Crippen LogP contribution in [0.3, 0.4) is 0 Å². The first-order valence-electron chi connectivity index (χ1n) is 25.9. The number of aromatic nitrogens is 2. The molecule has 0 aliphatic carbocycles. The maximum absolute atomic E-state index is 13.4. The third-order valence-electron chi connectivity index (χ3n) is 12.5. The van der Waals surface area contributed by atoms with Gasteiger partial charge in [0.2, 0.25) is 29.5 Å². The second kappa shape index (κ2) is 36.2. The first-order valence-corrected chi connectivity index (χ1v) is 26.5. The molecule has 0 saturated carbocycles. The van der Waals surface area contributed by atoms with Crippen molar-refractivity contribution >= 4 is 77.0 Å². The summed E-state index contributed by atoms with van der Waals surface area (Å²) in [6.45, 7) is 15.6. The number of carboxylic acids is 1. The number of esters is 1. The summed E-state index contributed by atoms with van der Waals surface area (Å²) in [6, 6.07) is 2.88. The van der Waals surface area contributed by atoms with Gasteiger partial charge in [-0.3, -0.25) is 33.6 Å². The molecule has 5 atom stereocenters. The summed E-state index contributed by atoms with van der Waals surface area (Å²) in [7, 11) is 1.00. The number of aliphatic hydroxyl groups is 6. The molecule has 2 aromatic heterocycles. The smallest absolute Gasteiger partial charge is 0.540 e. The van der Waals surface area contributed by atoms with Crippen LogP contribution < -0.4 is 61.3 Å². The number of nitrogens with zero attached hydrogens (tertiary/aromatic N) is 3. The van der Waals surface area contributed by atoms with Crippen molar-refractivity contribution in [2.24, 2.45) is 5.92 Å². The largest absolute Gasteiger partial charge is 1.00 e. The van der Waals surface area contributed by atoms with Crippen molar-refractivity contribution in [3.63, 3.8) is 0 Å². The first kappa shape index (κ1) is 72.6. The van der Waals surface area contributed by atoms with Gasteiger partial charge >= 0.3 is 41.5 Å². The molecule has 25 nitrogen and oxygen atoms in total. The fourth-order valence-electron chi connectivity index (χ4n) is 8.01. The topological polar surface area (TPSA) is 383 Å². The summed E-state index contributed by atoms with van der Waals surface area (Å²) in [4.78, 5) is 113. The van der Waals surface area contributed by atoms with Crippen molar-refractivity contribution in [2.45, 2.75) is 143 Å². The van der Waals surface area contributed by atoms with Crippen LogP contribution in [0.25, 0.3) is 22.3 Å². The molecule has 1 saturated heterocycles. The molecule has 0 radical (unpaired) electrons. The Morgan fingerprint density at radius 3 is 2.05 bits per heavy atom. The molecule has 1 fully saturated rings. The summed E-state index contributed by atoms with van der Waals surface area (Å²) in [6.07, 6.45) is -0.0790. The van der Waals surface area contributed by atoms with Crippen molar-refractivity contribution in [3.05, 3.63) is 55.9 Å². The van der Waals surface area contributed by atoms with Crippen LogP contribution in [0.5, 0.6) is 0 Å². The number of pyridine rings is 2. The zero-order valence-corrected chi connectivity index (χ0v) is 50.1. The number of amides is 5. The molecule has 4 aliphatic rings. The minimum atomic E-state index is -1.56. The van der Waals surface area contributed by atoms with Crippen molar-refractivity contribution in [2.75, 3.05) is 58.0 Å². The number of cyclic esters (lactones) is 1. The minimum absolute atomic E-state index is 0. The molecule has 0 bridgehead atoms. The standard InChI is InChI=1S/C27H26N4O7.C14H22N3O6S.C5H10O4.C4H10.C2H6.CH4O.Na/c1-12-7-18-22-14(13(12)2)3-5-30(21(34)9-28-20(33)4-6-32)24(22)16-10-31-19(23(16)29-18)8-15-17(26(31)36)11-38-27(37)25(15)35;1-8(2)9(7-18)17-11(19)3-4-15-12(20)6-16-14(23)10(24)5-13(21)22;6-3-1-9-2-4(7)5(3)8;1-3-4-2;2*1-2;/h7-8,25,32,35H,3-6,9-11H2,1-2H3,(H,28,33);8-10,24H,3-6H2,1-2H3,(H,15,20)(H,16,23)(H,17,19)(H,21,22);3-8H,1-2H2;3-4H2,1-2H3;1-2H3;2H,1H3;/q;-1;;;;;+1. The Morgan fingerprint density at radius 2 is 1.50 bits per heavy atom. The van der Waals surface area contributed by atoms with Gasteiger partial charge in [0.25, 0.3) is 5.56 Å². The maximum Gasteiger partial charge on any atom is 1.00 e. The first-order chi connectivity index (χ1) is 37.5. The summed E-state index contributed by atoms with van der Waals surface area (Å²) in [5.74, 6) is -4.41. The van der Waals surface area contributed by atoms with Gasteiger partial charge in [0.05, 0.1) is 79.3 Å². The number of rotatable bonds is 16. The molecule has 27 heteroatoms. The van der Waals surface area contributed by atoms with E-state index in [2.05, 4.69) is 47.7 Å². The van der Waals surface area contributed by atoms with Crippen LogP contribution >= 0.6 is 12.6 Å². The molecule has 5 unspecified atom stereocenters. The average Bonchev–Trinajstić information content (AvgIpc) is 3.81. The fraction of sp³-hybridized carbons (Fsp3) is 0.585. The normalized spacial score (nSPS) is 17.6. The number of hydrogen-bond donors (Lipinski definition) is 12. The molecule has 80 heavy (non-hydrogen) atoms. The van der Waals surface area contributed by atoms with Crippen molar-refractivity contribution in [1.82, 2.24) is 30.8 Å². The van der Waals surface area contributed by atoms with E-state index >= 15 is 0 Å². The number of thiol groups is 1. The second-order valence-electron chi connectivity index (χ2n) is 18.4. The predicted molar refractivity (Wildman–Crippen MR) is 293 cm³/mol. The van der Waals surface area contributed by atoms with Crippen LogP contribution in [-0.4, -0.2) is 176 Å². The second-order valence-corrected chi connectivity index (χ2v) is 19.0. The number of carbonyl (C=O) groups excluding carboxylic acids is 7. The zero-order valence-electron chi connectivity index (χ0n) is 47.2. The van der Waals surface area contributed by atoms with Gasteiger partial charge in [-0.25, -0.2) is 16.1 Å². The SMILES string of the molecule is CC.CC(C)C([C-]=O)NC(=O)CCNC(=O)CNC(=O)C(S)CC(=O)O.CCCC.CO.Cc1cc2nc3c(c4c2c(c1C)CCN4C(=O)CNC(=O)CCO)Cn1c-3cc2c(c1=O)COC(=O)C2O.OC1COCC(O)C1O.[Na+]. The van der Waals surface area contributed by atoms with E-state index in [1.165, 1.54) is 17.4 Å². The zero-order chi connectivity index (χ0) is 59.8.